The number of benzene rings is 1. The lowest BCUT2D eigenvalue weighted by Gasteiger charge is -2.34. The van der Waals surface area contributed by atoms with E-state index in [2.05, 4.69) is 0 Å². The van der Waals surface area contributed by atoms with Crippen LogP contribution in [0.1, 0.15) is 38.1 Å². The predicted molar refractivity (Wildman–Crippen MR) is 82.9 cm³/mol. The quantitative estimate of drug-likeness (QED) is 0.474. The summed E-state index contributed by atoms with van der Waals surface area (Å²) in [5.74, 6) is 0.0196. The Balaban J connectivity index is 2.23. The monoisotopic (exact) mass is 286 g/mol. The first-order valence-electron chi connectivity index (χ1n) is 7.13. The van der Waals surface area contributed by atoms with E-state index < -0.39 is 17.1 Å². The van der Waals surface area contributed by atoms with Gasteiger partial charge in [0.05, 0.1) is 11.0 Å². The summed E-state index contributed by atoms with van der Waals surface area (Å²) in [7, 11) is 0. The first kappa shape index (κ1) is 15.7. The average Bonchev–Trinajstić information content (AvgIpc) is 2.45. The molecule has 0 aliphatic heterocycles. The maximum atomic E-state index is 12.8. The van der Waals surface area contributed by atoms with Gasteiger partial charge in [-0.1, -0.05) is 54.6 Å². The minimum Gasteiger partial charge on any atom is -0.293 e. The van der Waals surface area contributed by atoms with Crippen LogP contribution in [0.15, 0.2) is 54.6 Å². The number of ketones is 1. The van der Waals surface area contributed by atoms with Crippen molar-refractivity contribution < 1.29 is 14.6 Å². The number of carbonyl (C=O) groups is 1. The first-order valence-corrected chi connectivity index (χ1v) is 7.13. The van der Waals surface area contributed by atoms with Crippen molar-refractivity contribution in [3.05, 3.63) is 60.2 Å². The van der Waals surface area contributed by atoms with Crippen LogP contribution in [0.25, 0.3) is 0 Å². The third-order valence-electron chi connectivity index (χ3n) is 3.36. The van der Waals surface area contributed by atoms with Gasteiger partial charge in [0.2, 0.25) is 0 Å². The molecular weight excluding hydrogens is 264 g/mol. The average molecular weight is 286 g/mol. The predicted octanol–water partition coefficient (Wildman–Crippen LogP) is 4.12. The van der Waals surface area contributed by atoms with Crippen molar-refractivity contribution in [1.29, 1.82) is 0 Å². The summed E-state index contributed by atoms with van der Waals surface area (Å²) in [5.41, 5.74) is -0.531. The van der Waals surface area contributed by atoms with Gasteiger partial charge in [0.1, 0.15) is 6.10 Å². The van der Waals surface area contributed by atoms with E-state index >= 15 is 0 Å². The van der Waals surface area contributed by atoms with E-state index in [-0.39, 0.29) is 5.78 Å². The summed E-state index contributed by atoms with van der Waals surface area (Å²) >= 11 is 0. The molecule has 0 bridgehead atoms. The normalized spacial score (nSPS) is 25.0. The van der Waals surface area contributed by atoms with E-state index in [1.54, 1.807) is 0 Å². The molecule has 0 heterocycles. The van der Waals surface area contributed by atoms with Crippen LogP contribution in [0.2, 0.25) is 0 Å². The highest BCUT2D eigenvalue weighted by Crippen LogP contribution is 2.34. The molecule has 21 heavy (non-hydrogen) atoms. The molecule has 3 nitrogen and oxygen atoms in total. The Morgan fingerprint density at radius 2 is 1.81 bits per heavy atom. The molecule has 0 radical (unpaired) electrons. The van der Waals surface area contributed by atoms with Gasteiger partial charge < -0.3 is 0 Å². The molecular formula is C18H22O3. The zero-order chi connectivity index (χ0) is 15.5. The first-order chi connectivity index (χ1) is 9.83. The molecule has 1 aromatic rings. The van der Waals surface area contributed by atoms with Crippen LogP contribution in [-0.2, 0) is 9.78 Å². The molecule has 112 valence electrons. The summed E-state index contributed by atoms with van der Waals surface area (Å²) in [4.78, 5) is 23.8. The van der Waals surface area contributed by atoms with E-state index in [0.29, 0.717) is 5.56 Å². The molecule has 0 saturated heterocycles. The Morgan fingerprint density at radius 1 is 1.14 bits per heavy atom. The highest BCUT2D eigenvalue weighted by molar-refractivity contribution is 6.02. The molecule has 3 heteroatoms. The minimum atomic E-state index is -0.776. The molecule has 1 aromatic carbocycles. The minimum absolute atomic E-state index is 0.0196. The van der Waals surface area contributed by atoms with Crippen LogP contribution in [0.5, 0.6) is 0 Å². The van der Waals surface area contributed by atoms with Gasteiger partial charge >= 0.3 is 0 Å². The van der Waals surface area contributed by atoms with Crippen molar-refractivity contribution in [1.82, 2.24) is 0 Å². The van der Waals surface area contributed by atoms with E-state index in [9.17, 15) is 4.79 Å². The fourth-order valence-electron chi connectivity index (χ4n) is 2.15. The molecule has 0 amide bonds. The van der Waals surface area contributed by atoms with Gasteiger partial charge in [-0.15, -0.1) is 0 Å². The summed E-state index contributed by atoms with van der Waals surface area (Å²) in [6.07, 6.45) is 7.02. The summed E-state index contributed by atoms with van der Waals surface area (Å²) in [5, 5.41) is 0. The maximum absolute atomic E-state index is 12.8. The van der Waals surface area contributed by atoms with Crippen LogP contribution >= 0.6 is 0 Å². The van der Waals surface area contributed by atoms with Gasteiger partial charge in [-0.3, -0.25) is 4.79 Å². The molecule has 0 fully saturated rings. The van der Waals surface area contributed by atoms with Crippen LogP contribution in [0.4, 0.5) is 0 Å². The zero-order valence-corrected chi connectivity index (χ0v) is 13.0. The highest BCUT2D eigenvalue weighted by atomic mass is 17.2. The third-order valence-corrected chi connectivity index (χ3v) is 3.36. The second-order valence-corrected chi connectivity index (χ2v) is 6.43. The van der Waals surface area contributed by atoms with Crippen LogP contribution in [0, 0.1) is 5.41 Å². The Kier molecular flexibility index (Phi) is 4.45. The SMILES string of the molecule is CC(C)(C)OOC1C=CC=CC1(C)C(=O)c1ccccc1. The molecule has 2 atom stereocenters. The Bertz CT molecular complexity index is 552. The summed E-state index contributed by atoms with van der Waals surface area (Å²) in [6.45, 7) is 7.60. The molecule has 0 saturated carbocycles. The number of allylic oxidation sites excluding steroid dienone is 2. The molecule has 0 aromatic heterocycles. The highest BCUT2D eigenvalue weighted by Gasteiger charge is 2.41. The van der Waals surface area contributed by atoms with Crippen molar-refractivity contribution in [2.75, 3.05) is 0 Å². The smallest absolute Gasteiger partial charge is 0.175 e. The fourth-order valence-corrected chi connectivity index (χ4v) is 2.15. The fraction of sp³-hybridized carbons (Fsp3) is 0.389. The second kappa shape index (κ2) is 5.96. The molecule has 2 unspecified atom stereocenters. The molecule has 0 spiro atoms. The number of carbonyl (C=O) groups excluding carboxylic acids is 1. The van der Waals surface area contributed by atoms with E-state index in [4.69, 9.17) is 9.78 Å². The van der Waals surface area contributed by atoms with E-state index in [0.717, 1.165) is 0 Å². The van der Waals surface area contributed by atoms with Gasteiger partial charge in [-0.25, -0.2) is 9.78 Å². The van der Waals surface area contributed by atoms with Crippen LogP contribution < -0.4 is 0 Å². The van der Waals surface area contributed by atoms with Gasteiger partial charge in [0, 0.05) is 5.56 Å². The standard InChI is InChI=1S/C18H22O3/c1-17(2,3)21-20-15-12-8-9-13-18(15,4)16(19)14-10-6-5-7-11-14/h5-13,15H,1-4H3. The molecule has 1 aliphatic rings. The Hall–Kier alpha value is -1.71. The van der Waals surface area contributed by atoms with Crippen molar-refractivity contribution in [3.8, 4) is 0 Å². The van der Waals surface area contributed by atoms with Crippen molar-refractivity contribution >= 4 is 5.78 Å². The lowest BCUT2D eigenvalue weighted by atomic mass is 9.75. The van der Waals surface area contributed by atoms with E-state index in [1.807, 2.05) is 82.3 Å². The molecule has 1 aliphatic carbocycles. The number of Topliss-reactive ketones (excluding diaryl/α,β-unsaturated/α-hetero) is 1. The third kappa shape index (κ3) is 3.69. The summed E-state index contributed by atoms with van der Waals surface area (Å²) < 4.78 is 0. The Labute approximate surface area is 126 Å². The van der Waals surface area contributed by atoms with Gasteiger partial charge in [-0.2, -0.15) is 0 Å². The summed E-state index contributed by atoms with van der Waals surface area (Å²) in [6, 6.07) is 9.26. The van der Waals surface area contributed by atoms with Crippen molar-refractivity contribution in [3.63, 3.8) is 0 Å². The Morgan fingerprint density at radius 3 is 2.43 bits per heavy atom. The number of rotatable bonds is 4. The lowest BCUT2D eigenvalue weighted by Crippen LogP contribution is -2.41. The molecule has 2 rings (SSSR count). The lowest BCUT2D eigenvalue weighted by molar-refractivity contribution is -0.372. The van der Waals surface area contributed by atoms with Gasteiger partial charge in [0.15, 0.2) is 5.78 Å². The largest absolute Gasteiger partial charge is 0.293 e. The maximum Gasteiger partial charge on any atom is 0.175 e. The van der Waals surface area contributed by atoms with E-state index in [1.165, 1.54) is 0 Å². The van der Waals surface area contributed by atoms with Crippen LogP contribution in [0.3, 0.4) is 0 Å². The topological polar surface area (TPSA) is 35.5 Å². The number of hydrogen-bond donors (Lipinski definition) is 0. The second-order valence-electron chi connectivity index (χ2n) is 6.43. The van der Waals surface area contributed by atoms with Crippen molar-refractivity contribution in [2.24, 2.45) is 5.41 Å². The number of hydrogen-bond acceptors (Lipinski definition) is 3. The van der Waals surface area contributed by atoms with Gasteiger partial charge in [0.25, 0.3) is 0 Å². The van der Waals surface area contributed by atoms with Crippen LogP contribution in [-0.4, -0.2) is 17.5 Å². The molecule has 0 N–H and O–H groups in total. The van der Waals surface area contributed by atoms with Gasteiger partial charge in [-0.05, 0) is 27.7 Å². The zero-order valence-electron chi connectivity index (χ0n) is 13.0. The van der Waals surface area contributed by atoms with Crippen molar-refractivity contribution in [2.45, 2.75) is 39.4 Å².